The minimum absolute atomic E-state index is 0.567. The fourth-order valence-electron chi connectivity index (χ4n) is 1.41. The highest BCUT2D eigenvalue weighted by Crippen LogP contribution is 2.31. The molecule has 0 aliphatic heterocycles. The van der Waals surface area contributed by atoms with E-state index in [1.54, 1.807) is 26.0 Å². The highest BCUT2D eigenvalue weighted by molar-refractivity contribution is 7.99. The summed E-state index contributed by atoms with van der Waals surface area (Å²) in [5.74, 6) is -0.446. The van der Waals surface area contributed by atoms with E-state index in [1.165, 1.54) is 11.8 Å². The molecule has 0 spiro atoms. The quantitative estimate of drug-likeness (QED) is 0.849. The van der Waals surface area contributed by atoms with Crippen LogP contribution in [-0.4, -0.2) is 21.9 Å². The Kier molecular flexibility index (Phi) is 4.76. The molecule has 0 saturated carbocycles. The Morgan fingerprint density at radius 3 is 2.72 bits per heavy atom. The van der Waals surface area contributed by atoms with Crippen molar-refractivity contribution < 1.29 is 9.90 Å². The first-order valence-corrected chi connectivity index (χ1v) is 6.47. The van der Waals surface area contributed by atoms with Crippen LogP contribution in [0.2, 0.25) is 0 Å². The summed E-state index contributed by atoms with van der Waals surface area (Å²) in [6, 6.07) is 8.48. The maximum absolute atomic E-state index is 10.9. The lowest BCUT2D eigenvalue weighted by Crippen LogP contribution is -2.46. The van der Waals surface area contributed by atoms with Crippen LogP contribution >= 0.6 is 11.8 Å². The van der Waals surface area contributed by atoms with Gasteiger partial charge in [0.05, 0.1) is 11.6 Å². The predicted molar refractivity (Wildman–Crippen MR) is 72.1 cm³/mol. The Balaban J connectivity index is 2.76. The van der Waals surface area contributed by atoms with Gasteiger partial charge in [-0.25, -0.2) is 0 Å². The number of nitriles is 1. The number of carboxylic acid groups (broad SMARTS) is 1. The van der Waals surface area contributed by atoms with Gasteiger partial charge >= 0.3 is 5.97 Å². The fraction of sp³-hybridized carbons (Fsp3) is 0.385. The molecular weight excluding hydrogens is 248 g/mol. The standard InChI is InChI=1S/C13H16N2O2S/c1-13(2,11(15)12(16)17)18-8-10-6-4-3-5-9(10)7-14/h3-6,11H,8,15H2,1-2H3,(H,16,17)/t11-/m0/s1. The van der Waals surface area contributed by atoms with Crippen LogP contribution in [0.1, 0.15) is 25.0 Å². The molecule has 0 unspecified atom stereocenters. The molecule has 96 valence electrons. The number of aliphatic carboxylic acids is 1. The maximum atomic E-state index is 10.9. The molecule has 0 bridgehead atoms. The molecule has 0 heterocycles. The number of hydrogen-bond donors (Lipinski definition) is 2. The molecule has 1 rings (SSSR count). The number of carbonyl (C=O) groups is 1. The Labute approximate surface area is 111 Å². The van der Waals surface area contributed by atoms with E-state index in [1.807, 2.05) is 12.1 Å². The third-order valence-electron chi connectivity index (χ3n) is 2.75. The van der Waals surface area contributed by atoms with E-state index in [4.69, 9.17) is 16.1 Å². The molecule has 0 aliphatic carbocycles. The van der Waals surface area contributed by atoms with Gasteiger partial charge in [-0.15, -0.1) is 11.8 Å². The van der Waals surface area contributed by atoms with E-state index in [-0.39, 0.29) is 0 Å². The number of nitrogens with two attached hydrogens (primary N) is 1. The first-order valence-electron chi connectivity index (χ1n) is 5.49. The molecule has 0 saturated heterocycles. The number of nitrogens with zero attached hydrogens (tertiary/aromatic N) is 1. The smallest absolute Gasteiger partial charge is 0.321 e. The van der Waals surface area contributed by atoms with Gasteiger partial charge in [-0.2, -0.15) is 5.26 Å². The van der Waals surface area contributed by atoms with E-state index >= 15 is 0 Å². The van der Waals surface area contributed by atoms with Crippen molar-refractivity contribution in [2.45, 2.75) is 30.4 Å². The van der Waals surface area contributed by atoms with Gasteiger partial charge < -0.3 is 10.8 Å². The average molecular weight is 264 g/mol. The third kappa shape index (κ3) is 3.49. The highest BCUT2D eigenvalue weighted by atomic mass is 32.2. The molecule has 1 aromatic carbocycles. The van der Waals surface area contributed by atoms with Crippen molar-refractivity contribution in [2.24, 2.45) is 5.73 Å². The molecule has 5 heteroatoms. The second-order valence-electron chi connectivity index (χ2n) is 4.48. The zero-order chi connectivity index (χ0) is 13.8. The molecule has 0 radical (unpaired) electrons. The van der Waals surface area contributed by atoms with Crippen molar-refractivity contribution in [1.82, 2.24) is 0 Å². The number of benzene rings is 1. The molecule has 4 nitrogen and oxygen atoms in total. The molecule has 0 fully saturated rings. The van der Waals surface area contributed by atoms with Gasteiger partial charge in [0, 0.05) is 10.5 Å². The van der Waals surface area contributed by atoms with Crippen LogP contribution in [0.4, 0.5) is 0 Å². The van der Waals surface area contributed by atoms with Gasteiger partial charge in [0.15, 0.2) is 0 Å². The third-order valence-corrected chi connectivity index (χ3v) is 4.21. The minimum atomic E-state index is -1.01. The van der Waals surface area contributed by atoms with Crippen molar-refractivity contribution in [3.8, 4) is 6.07 Å². The normalized spacial score (nSPS) is 12.8. The summed E-state index contributed by atoms with van der Waals surface area (Å²) in [7, 11) is 0. The molecular formula is C13H16N2O2S. The van der Waals surface area contributed by atoms with Crippen molar-refractivity contribution in [3.63, 3.8) is 0 Å². The average Bonchev–Trinajstić information content (AvgIpc) is 2.35. The second-order valence-corrected chi connectivity index (χ2v) is 6.11. The summed E-state index contributed by atoms with van der Waals surface area (Å²) in [5.41, 5.74) is 7.16. The topological polar surface area (TPSA) is 87.1 Å². The van der Waals surface area contributed by atoms with Gasteiger partial charge in [0.25, 0.3) is 0 Å². The van der Waals surface area contributed by atoms with E-state index in [0.29, 0.717) is 11.3 Å². The molecule has 0 amide bonds. The zero-order valence-electron chi connectivity index (χ0n) is 10.4. The van der Waals surface area contributed by atoms with Gasteiger partial charge in [-0.1, -0.05) is 18.2 Å². The minimum Gasteiger partial charge on any atom is -0.480 e. The van der Waals surface area contributed by atoms with Crippen LogP contribution in [-0.2, 0) is 10.5 Å². The molecule has 18 heavy (non-hydrogen) atoms. The molecule has 0 aliphatic rings. The summed E-state index contributed by atoms with van der Waals surface area (Å²) < 4.78 is -0.589. The monoisotopic (exact) mass is 264 g/mol. The van der Waals surface area contributed by atoms with Gasteiger partial charge in [0.1, 0.15) is 6.04 Å². The second kappa shape index (κ2) is 5.89. The molecule has 0 aromatic heterocycles. The SMILES string of the molecule is CC(C)(SCc1ccccc1C#N)[C@@H](N)C(=O)O. The predicted octanol–water partition coefficient (Wildman–Crippen LogP) is 1.98. The molecule has 1 aromatic rings. The molecule has 3 N–H and O–H groups in total. The summed E-state index contributed by atoms with van der Waals surface area (Å²) in [6.45, 7) is 3.59. The van der Waals surface area contributed by atoms with E-state index in [9.17, 15) is 4.79 Å². The summed E-state index contributed by atoms with van der Waals surface area (Å²) in [4.78, 5) is 10.9. The van der Waals surface area contributed by atoms with Gasteiger partial charge in [0.2, 0.25) is 0 Å². The van der Waals surface area contributed by atoms with E-state index < -0.39 is 16.8 Å². The summed E-state index contributed by atoms with van der Waals surface area (Å²) in [6.07, 6.45) is 0. The van der Waals surface area contributed by atoms with E-state index in [2.05, 4.69) is 6.07 Å². The lowest BCUT2D eigenvalue weighted by molar-refractivity contribution is -0.139. The molecule has 1 atom stereocenters. The number of hydrogen-bond acceptors (Lipinski definition) is 4. The number of rotatable bonds is 5. The van der Waals surface area contributed by atoms with Crippen LogP contribution in [0.3, 0.4) is 0 Å². The Morgan fingerprint density at radius 1 is 1.56 bits per heavy atom. The first kappa shape index (κ1) is 14.6. The Bertz CT molecular complexity index is 480. The van der Waals surface area contributed by atoms with Crippen molar-refractivity contribution in [3.05, 3.63) is 35.4 Å². The van der Waals surface area contributed by atoms with Crippen LogP contribution in [0.15, 0.2) is 24.3 Å². The summed E-state index contributed by atoms with van der Waals surface area (Å²) in [5, 5.41) is 17.9. The lowest BCUT2D eigenvalue weighted by atomic mass is 10.1. The van der Waals surface area contributed by atoms with Crippen LogP contribution < -0.4 is 5.73 Å². The Hall–Kier alpha value is -1.51. The summed E-state index contributed by atoms with van der Waals surface area (Å²) >= 11 is 1.44. The van der Waals surface area contributed by atoms with Gasteiger partial charge in [-0.05, 0) is 25.5 Å². The highest BCUT2D eigenvalue weighted by Gasteiger charge is 2.32. The van der Waals surface area contributed by atoms with Gasteiger partial charge in [-0.3, -0.25) is 4.79 Å². The van der Waals surface area contributed by atoms with Crippen molar-refractivity contribution in [2.75, 3.05) is 0 Å². The fourth-order valence-corrected chi connectivity index (χ4v) is 2.47. The number of carboxylic acids is 1. The van der Waals surface area contributed by atoms with Crippen molar-refractivity contribution in [1.29, 1.82) is 5.26 Å². The van der Waals surface area contributed by atoms with Crippen LogP contribution in [0, 0.1) is 11.3 Å². The van der Waals surface area contributed by atoms with Crippen LogP contribution in [0.5, 0.6) is 0 Å². The van der Waals surface area contributed by atoms with E-state index in [0.717, 1.165) is 5.56 Å². The Morgan fingerprint density at radius 2 is 2.17 bits per heavy atom. The maximum Gasteiger partial charge on any atom is 0.321 e. The first-order chi connectivity index (χ1) is 8.38. The lowest BCUT2D eigenvalue weighted by Gasteiger charge is -2.28. The van der Waals surface area contributed by atoms with Crippen LogP contribution in [0.25, 0.3) is 0 Å². The van der Waals surface area contributed by atoms with Crippen molar-refractivity contribution >= 4 is 17.7 Å². The zero-order valence-corrected chi connectivity index (χ0v) is 11.2. The number of thioether (sulfide) groups is 1. The largest absolute Gasteiger partial charge is 0.480 e.